The summed E-state index contributed by atoms with van der Waals surface area (Å²) in [5, 5.41) is 21.4. The number of Topliss-reactive ketones (excluding diaryl/α,β-unsaturated/α-hetero) is 1. The molecule has 3 heteroatoms. The van der Waals surface area contributed by atoms with E-state index in [-0.39, 0.29) is 18.1 Å². The molecule has 0 atom stereocenters. The van der Waals surface area contributed by atoms with Gasteiger partial charge in [0.15, 0.2) is 5.78 Å². The molecule has 3 rings (SSSR count). The lowest BCUT2D eigenvalue weighted by molar-refractivity contribution is 0.101. The summed E-state index contributed by atoms with van der Waals surface area (Å²) < 4.78 is 0. The standard InChI is InChI=1S/C21H20O3/c1-14(23)15-8-10-16(11-9-15)20-13-17(5-4-12-22)21(24)19-7-3-2-6-18(19)20/h2-3,6-11,13,22,24H,4-5,12H2,1H3. The molecule has 0 fully saturated rings. The lowest BCUT2D eigenvalue weighted by Crippen LogP contribution is -1.94. The maximum absolute atomic E-state index is 11.5. The van der Waals surface area contributed by atoms with Gasteiger partial charge in [-0.25, -0.2) is 0 Å². The van der Waals surface area contributed by atoms with Crippen LogP contribution in [0.1, 0.15) is 29.3 Å². The number of fused-ring (bicyclic) bond motifs is 1. The molecule has 0 bridgehead atoms. The predicted octanol–water partition coefficient (Wildman–Crippen LogP) is 4.34. The van der Waals surface area contributed by atoms with Crippen molar-refractivity contribution in [3.63, 3.8) is 0 Å². The Hall–Kier alpha value is -2.65. The molecule has 0 unspecified atom stereocenters. The van der Waals surface area contributed by atoms with Crippen molar-refractivity contribution in [3.8, 4) is 16.9 Å². The first-order valence-corrected chi connectivity index (χ1v) is 8.07. The van der Waals surface area contributed by atoms with Crippen LogP contribution in [0.3, 0.4) is 0 Å². The van der Waals surface area contributed by atoms with Crippen LogP contribution in [0.5, 0.6) is 5.75 Å². The van der Waals surface area contributed by atoms with Crippen LogP contribution >= 0.6 is 0 Å². The summed E-state index contributed by atoms with van der Waals surface area (Å²) in [5.74, 6) is 0.323. The fraction of sp³-hybridized carbons (Fsp3) is 0.190. The molecule has 0 saturated carbocycles. The molecular formula is C21H20O3. The Kier molecular flexibility index (Phi) is 4.63. The zero-order valence-electron chi connectivity index (χ0n) is 13.6. The summed E-state index contributed by atoms with van der Waals surface area (Å²) in [4.78, 5) is 11.5. The number of ketones is 1. The van der Waals surface area contributed by atoms with Crippen molar-refractivity contribution in [1.82, 2.24) is 0 Å². The van der Waals surface area contributed by atoms with E-state index in [0.29, 0.717) is 18.4 Å². The molecule has 0 heterocycles. The van der Waals surface area contributed by atoms with Gasteiger partial charge in [0.1, 0.15) is 5.75 Å². The maximum Gasteiger partial charge on any atom is 0.159 e. The molecule has 2 N–H and O–H groups in total. The zero-order valence-corrected chi connectivity index (χ0v) is 13.6. The Bertz CT molecular complexity index is 879. The van der Waals surface area contributed by atoms with Crippen LogP contribution in [0.2, 0.25) is 0 Å². The maximum atomic E-state index is 11.5. The Labute approximate surface area is 141 Å². The van der Waals surface area contributed by atoms with Crippen LogP contribution in [-0.2, 0) is 6.42 Å². The van der Waals surface area contributed by atoms with Crippen LogP contribution in [0.15, 0.2) is 54.6 Å². The second-order valence-electron chi connectivity index (χ2n) is 5.94. The number of aliphatic hydroxyl groups is 1. The third-order valence-corrected chi connectivity index (χ3v) is 4.30. The highest BCUT2D eigenvalue weighted by molar-refractivity contribution is 6.01. The molecule has 0 aromatic heterocycles. The molecule has 24 heavy (non-hydrogen) atoms. The van der Waals surface area contributed by atoms with Gasteiger partial charge in [0.05, 0.1) is 0 Å². The molecule has 3 aromatic rings. The third kappa shape index (κ3) is 3.03. The summed E-state index contributed by atoms with van der Waals surface area (Å²) in [7, 11) is 0. The summed E-state index contributed by atoms with van der Waals surface area (Å²) in [6, 6.07) is 17.2. The van der Waals surface area contributed by atoms with Crippen molar-refractivity contribution in [1.29, 1.82) is 0 Å². The fourth-order valence-corrected chi connectivity index (χ4v) is 3.00. The monoisotopic (exact) mass is 320 g/mol. The van der Waals surface area contributed by atoms with Crippen LogP contribution in [0.25, 0.3) is 21.9 Å². The van der Waals surface area contributed by atoms with Gasteiger partial charge < -0.3 is 10.2 Å². The highest BCUT2D eigenvalue weighted by atomic mass is 16.3. The lowest BCUT2D eigenvalue weighted by atomic mass is 9.92. The number of hydrogen-bond donors (Lipinski definition) is 2. The first-order valence-electron chi connectivity index (χ1n) is 8.07. The molecule has 122 valence electrons. The summed E-state index contributed by atoms with van der Waals surface area (Å²) in [5.41, 5.74) is 3.53. The van der Waals surface area contributed by atoms with E-state index in [2.05, 4.69) is 0 Å². The van der Waals surface area contributed by atoms with Crippen LogP contribution in [-0.4, -0.2) is 22.6 Å². The van der Waals surface area contributed by atoms with Gasteiger partial charge in [0, 0.05) is 17.6 Å². The van der Waals surface area contributed by atoms with Gasteiger partial charge in [0.25, 0.3) is 0 Å². The number of aromatic hydroxyl groups is 1. The third-order valence-electron chi connectivity index (χ3n) is 4.30. The van der Waals surface area contributed by atoms with E-state index in [1.54, 1.807) is 6.92 Å². The number of benzene rings is 3. The second-order valence-corrected chi connectivity index (χ2v) is 5.94. The molecule has 0 radical (unpaired) electrons. The number of carbonyl (C=O) groups excluding carboxylic acids is 1. The minimum atomic E-state index is 0.0424. The van der Waals surface area contributed by atoms with E-state index >= 15 is 0 Å². The second kappa shape index (κ2) is 6.85. The van der Waals surface area contributed by atoms with E-state index in [1.165, 1.54) is 0 Å². The van der Waals surface area contributed by atoms with Gasteiger partial charge in [-0.05, 0) is 47.9 Å². The largest absolute Gasteiger partial charge is 0.507 e. The molecule has 3 nitrogen and oxygen atoms in total. The Morgan fingerprint density at radius 2 is 1.67 bits per heavy atom. The Balaban J connectivity index is 2.18. The van der Waals surface area contributed by atoms with E-state index in [9.17, 15) is 9.90 Å². The van der Waals surface area contributed by atoms with Gasteiger partial charge in [-0.3, -0.25) is 4.79 Å². The minimum absolute atomic E-state index is 0.0424. The quantitative estimate of drug-likeness (QED) is 0.688. The van der Waals surface area contributed by atoms with Crippen molar-refractivity contribution in [2.75, 3.05) is 6.61 Å². The number of phenols is 1. The Morgan fingerprint density at radius 3 is 2.29 bits per heavy atom. The SMILES string of the molecule is CC(=O)c1ccc(-c2cc(CCCO)c(O)c3ccccc23)cc1. The van der Waals surface area contributed by atoms with E-state index in [1.807, 2.05) is 54.6 Å². The first kappa shape index (κ1) is 16.2. The summed E-state index contributed by atoms with van der Waals surface area (Å²) >= 11 is 0. The predicted molar refractivity (Wildman–Crippen MR) is 96.5 cm³/mol. The number of aryl methyl sites for hydroxylation is 1. The molecule has 0 aliphatic carbocycles. The lowest BCUT2D eigenvalue weighted by Gasteiger charge is -2.13. The van der Waals surface area contributed by atoms with Gasteiger partial charge in [-0.15, -0.1) is 0 Å². The van der Waals surface area contributed by atoms with E-state index < -0.39 is 0 Å². The van der Waals surface area contributed by atoms with Gasteiger partial charge >= 0.3 is 0 Å². The van der Waals surface area contributed by atoms with Crippen molar-refractivity contribution >= 4 is 16.6 Å². The topological polar surface area (TPSA) is 57.5 Å². The smallest absolute Gasteiger partial charge is 0.159 e. The van der Waals surface area contributed by atoms with Gasteiger partial charge in [-0.1, -0.05) is 48.5 Å². The van der Waals surface area contributed by atoms with Crippen molar-refractivity contribution in [2.24, 2.45) is 0 Å². The summed E-state index contributed by atoms with van der Waals surface area (Å²) in [6.07, 6.45) is 1.22. The van der Waals surface area contributed by atoms with Gasteiger partial charge in [0.2, 0.25) is 0 Å². The number of hydrogen-bond acceptors (Lipinski definition) is 3. The van der Waals surface area contributed by atoms with Crippen molar-refractivity contribution in [3.05, 3.63) is 65.7 Å². The van der Waals surface area contributed by atoms with Gasteiger partial charge in [-0.2, -0.15) is 0 Å². The molecular weight excluding hydrogens is 300 g/mol. The van der Waals surface area contributed by atoms with E-state index in [0.717, 1.165) is 27.5 Å². The molecule has 3 aromatic carbocycles. The molecule has 0 saturated heterocycles. The van der Waals surface area contributed by atoms with Crippen molar-refractivity contribution < 1.29 is 15.0 Å². The average Bonchev–Trinajstić information content (AvgIpc) is 2.61. The minimum Gasteiger partial charge on any atom is -0.507 e. The van der Waals surface area contributed by atoms with Crippen molar-refractivity contribution in [2.45, 2.75) is 19.8 Å². The van der Waals surface area contributed by atoms with Crippen LogP contribution in [0, 0.1) is 0 Å². The molecule has 0 amide bonds. The highest BCUT2D eigenvalue weighted by Crippen LogP contribution is 2.37. The van der Waals surface area contributed by atoms with Crippen LogP contribution < -0.4 is 0 Å². The van der Waals surface area contributed by atoms with E-state index in [4.69, 9.17) is 5.11 Å². The zero-order chi connectivity index (χ0) is 17.1. The fourth-order valence-electron chi connectivity index (χ4n) is 3.00. The number of carbonyl (C=O) groups is 1. The molecule has 0 aliphatic heterocycles. The Morgan fingerprint density at radius 1 is 1.00 bits per heavy atom. The number of aliphatic hydroxyl groups excluding tert-OH is 1. The number of phenolic OH excluding ortho intramolecular Hbond substituents is 1. The molecule has 0 aliphatic rings. The number of rotatable bonds is 5. The average molecular weight is 320 g/mol. The first-order chi connectivity index (χ1) is 11.6. The highest BCUT2D eigenvalue weighted by Gasteiger charge is 2.12. The van der Waals surface area contributed by atoms with Crippen LogP contribution in [0.4, 0.5) is 0 Å². The normalized spacial score (nSPS) is 10.9. The summed E-state index contributed by atoms with van der Waals surface area (Å²) in [6.45, 7) is 1.65. The molecule has 0 spiro atoms.